The molecule has 0 bridgehead atoms. The second-order valence-electron chi connectivity index (χ2n) is 5.47. The predicted molar refractivity (Wildman–Crippen MR) is 82.4 cm³/mol. The van der Waals surface area contributed by atoms with Gasteiger partial charge in [0.2, 0.25) is 0 Å². The van der Waals surface area contributed by atoms with E-state index in [1.165, 1.54) is 38.9 Å². The van der Waals surface area contributed by atoms with Crippen LogP contribution in [0.5, 0.6) is 0 Å². The lowest BCUT2D eigenvalue weighted by molar-refractivity contribution is 0.325. The molecule has 0 amide bonds. The first kappa shape index (κ1) is 13.2. The first-order valence-corrected chi connectivity index (χ1v) is 7.42. The van der Waals surface area contributed by atoms with Gasteiger partial charge in [0.1, 0.15) is 5.82 Å². The van der Waals surface area contributed by atoms with Gasteiger partial charge in [0.05, 0.1) is 0 Å². The highest BCUT2D eigenvalue weighted by atomic mass is 15.1. The van der Waals surface area contributed by atoms with Gasteiger partial charge >= 0.3 is 0 Å². The predicted octanol–water partition coefficient (Wildman–Crippen LogP) is 2.62. The van der Waals surface area contributed by atoms with E-state index in [1.54, 1.807) is 0 Å². The summed E-state index contributed by atoms with van der Waals surface area (Å²) in [4.78, 5) is 7.02. The van der Waals surface area contributed by atoms with Crippen molar-refractivity contribution in [3.63, 3.8) is 0 Å². The van der Waals surface area contributed by atoms with Gasteiger partial charge in [0.25, 0.3) is 0 Å². The van der Waals surface area contributed by atoms with Crippen molar-refractivity contribution >= 4 is 5.69 Å². The Bertz CT molecular complexity index is 555. The fraction of sp³-hybridized carbons (Fsp3) is 0.438. The van der Waals surface area contributed by atoms with Crippen molar-refractivity contribution in [3.8, 4) is 11.4 Å². The maximum atomic E-state index is 5.85. The maximum Gasteiger partial charge on any atom is 0.139 e. The molecule has 3 rings (SSSR count). The number of nitrogen functional groups attached to an aromatic ring is 1. The summed E-state index contributed by atoms with van der Waals surface area (Å²) in [6.45, 7) is 4.74. The van der Waals surface area contributed by atoms with E-state index in [1.807, 2.05) is 24.4 Å². The fourth-order valence-corrected chi connectivity index (χ4v) is 2.90. The van der Waals surface area contributed by atoms with Crippen molar-refractivity contribution in [3.05, 3.63) is 36.7 Å². The monoisotopic (exact) mass is 270 g/mol. The number of nitrogens with zero attached hydrogens (tertiary/aromatic N) is 3. The molecule has 4 nitrogen and oxygen atoms in total. The Balaban J connectivity index is 1.64. The first-order valence-electron chi connectivity index (χ1n) is 7.42. The second-order valence-corrected chi connectivity index (χ2v) is 5.47. The average Bonchev–Trinajstić information content (AvgIpc) is 3.10. The van der Waals surface area contributed by atoms with E-state index in [4.69, 9.17) is 5.73 Å². The van der Waals surface area contributed by atoms with Gasteiger partial charge in [-0.25, -0.2) is 4.98 Å². The van der Waals surface area contributed by atoms with Gasteiger partial charge in [0.15, 0.2) is 0 Å². The number of aryl methyl sites for hydroxylation is 1. The molecule has 0 radical (unpaired) electrons. The quantitative estimate of drug-likeness (QED) is 0.850. The average molecular weight is 270 g/mol. The highest BCUT2D eigenvalue weighted by Gasteiger charge is 2.11. The molecule has 2 heterocycles. The van der Waals surface area contributed by atoms with Gasteiger partial charge in [0, 0.05) is 30.2 Å². The molecule has 20 heavy (non-hydrogen) atoms. The van der Waals surface area contributed by atoms with Crippen LogP contribution < -0.4 is 5.73 Å². The van der Waals surface area contributed by atoms with Crippen molar-refractivity contribution in [1.29, 1.82) is 0 Å². The fourth-order valence-electron chi connectivity index (χ4n) is 2.90. The number of anilines is 1. The number of nitrogens with two attached hydrogens (primary N) is 1. The zero-order valence-electron chi connectivity index (χ0n) is 11.8. The molecule has 1 aromatic carbocycles. The van der Waals surface area contributed by atoms with E-state index in [-0.39, 0.29) is 0 Å². The van der Waals surface area contributed by atoms with Gasteiger partial charge in [-0.15, -0.1) is 0 Å². The summed E-state index contributed by atoms with van der Waals surface area (Å²) in [6.07, 6.45) is 7.82. The standard InChI is InChI=1S/C16H22N4/c17-15-6-3-5-14(13-15)16-18-7-12-20(16)11-4-10-19-8-1-2-9-19/h3,5-7,12-13H,1-2,4,8-11,17H2. The van der Waals surface area contributed by atoms with Crippen LogP contribution in [0.4, 0.5) is 5.69 Å². The highest BCUT2D eigenvalue weighted by Crippen LogP contribution is 2.20. The molecule has 0 unspecified atom stereocenters. The van der Waals surface area contributed by atoms with Crippen LogP contribution in [-0.2, 0) is 6.54 Å². The molecule has 4 heteroatoms. The maximum absolute atomic E-state index is 5.85. The van der Waals surface area contributed by atoms with Crippen LogP contribution in [0.1, 0.15) is 19.3 Å². The summed E-state index contributed by atoms with van der Waals surface area (Å²) in [5.41, 5.74) is 7.73. The van der Waals surface area contributed by atoms with E-state index >= 15 is 0 Å². The molecule has 1 aliphatic heterocycles. The molecule has 0 aliphatic carbocycles. The Hall–Kier alpha value is -1.81. The molecule has 0 spiro atoms. The van der Waals surface area contributed by atoms with Crippen molar-refractivity contribution < 1.29 is 0 Å². The number of hydrogen-bond donors (Lipinski definition) is 1. The molecule has 1 aliphatic rings. The summed E-state index contributed by atoms with van der Waals surface area (Å²) in [5.74, 6) is 1.01. The van der Waals surface area contributed by atoms with Gasteiger partial charge < -0.3 is 15.2 Å². The molecule has 2 N–H and O–H groups in total. The molecule has 1 aromatic heterocycles. The number of aromatic nitrogens is 2. The summed E-state index contributed by atoms with van der Waals surface area (Å²) in [6, 6.07) is 7.94. The summed E-state index contributed by atoms with van der Waals surface area (Å²) < 4.78 is 2.23. The summed E-state index contributed by atoms with van der Waals surface area (Å²) >= 11 is 0. The number of rotatable bonds is 5. The smallest absolute Gasteiger partial charge is 0.139 e. The highest BCUT2D eigenvalue weighted by molar-refractivity contribution is 5.61. The SMILES string of the molecule is Nc1cccc(-c2nccn2CCCN2CCCC2)c1. The Morgan fingerprint density at radius 3 is 2.80 bits per heavy atom. The molecule has 0 atom stereocenters. The van der Waals surface area contributed by atoms with E-state index in [0.717, 1.165) is 23.6 Å². The van der Waals surface area contributed by atoms with Gasteiger partial charge in [-0.3, -0.25) is 0 Å². The Kier molecular flexibility index (Phi) is 4.02. The minimum absolute atomic E-state index is 0.786. The number of likely N-dealkylation sites (tertiary alicyclic amines) is 1. The van der Waals surface area contributed by atoms with Gasteiger partial charge in [-0.1, -0.05) is 12.1 Å². The van der Waals surface area contributed by atoms with Crippen molar-refractivity contribution in [1.82, 2.24) is 14.5 Å². The molecule has 106 valence electrons. The van der Waals surface area contributed by atoms with Crippen molar-refractivity contribution in [2.75, 3.05) is 25.4 Å². The minimum atomic E-state index is 0.786. The zero-order valence-corrected chi connectivity index (χ0v) is 11.8. The third-order valence-corrected chi connectivity index (χ3v) is 3.93. The number of benzene rings is 1. The normalized spacial score (nSPS) is 15.8. The Morgan fingerprint density at radius 1 is 1.15 bits per heavy atom. The first-order chi connectivity index (χ1) is 9.83. The van der Waals surface area contributed by atoms with Crippen LogP contribution in [0.3, 0.4) is 0 Å². The van der Waals surface area contributed by atoms with Crippen molar-refractivity contribution in [2.24, 2.45) is 0 Å². The van der Waals surface area contributed by atoms with E-state index in [0.29, 0.717) is 0 Å². The number of hydrogen-bond acceptors (Lipinski definition) is 3. The van der Waals surface area contributed by atoms with Crippen LogP contribution >= 0.6 is 0 Å². The topological polar surface area (TPSA) is 47.1 Å². The Morgan fingerprint density at radius 2 is 2.00 bits per heavy atom. The summed E-state index contributed by atoms with van der Waals surface area (Å²) in [5, 5.41) is 0. The van der Waals surface area contributed by atoms with Gasteiger partial charge in [-0.2, -0.15) is 0 Å². The summed E-state index contributed by atoms with van der Waals surface area (Å²) in [7, 11) is 0. The third kappa shape index (κ3) is 3.02. The lowest BCUT2D eigenvalue weighted by atomic mass is 10.2. The van der Waals surface area contributed by atoms with E-state index in [2.05, 4.69) is 26.7 Å². The molecule has 2 aromatic rings. The molecular weight excluding hydrogens is 248 g/mol. The Labute approximate surface area is 120 Å². The van der Waals surface area contributed by atoms with Crippen molar-refractivity contribution in [2.45, 2.75) is 25.8 Å². The molecular formula is C16H22N4. The number of imidazole rings is 1. The van der Waals surface area contributed by atoms with Crippen LogP contribution in [0.15, 0.2) is 36.7 Å². The van der Waals surface area contributed by atoms with E-state index in [9.17, 15) is 0 Å². The molecule has 1 fully saturated rings. The van der Waals surface area contributed by atoms with Crippen LogP contribution in [0, 0.1) is 0 Å². The minimum Gasteiger partial charge on any atom is -0.399 e. The lowest BCUT2D eigenvalue weighted by Gasteiger charge is -2.15. The lowest BCUT2D eigenvalue weighted by Crippen LogP contribution is -2.21. The van der Waals surface area contributed by atoms with Crippen LogP contribution in [0.25, 0.3) is 11.4 Å². The molecule has 0 saturated carbocycles. The molecule has 1 saturated heterocycles. The zero-order chi connectivity index (χ0) is 13.8. The van der Waals surface area contributed by atoms with E-state index < -0.39 is 0 Å². The third-order valence-electron chi connectivity index (χ3n) is 3.93. The second kappa shape index (κ2) is 6.09. The van der Waals surface area contributed by atoms with Gasteiger partial charge in [-0.05, 0) is 51.0 Å². The van der Waals surface area contributed by atoms with Crippen LogP contribution in [0.2, 0.25) is 0 Å². The largest absolute Gasteiger partial charge is 0.399 e. The van der Waals surface area contributed by atoms with Crippen LogP contribution in [-0.4, -0.2) is 34.1 Å².